The van der Waals surface area contributed by atoms with Crippen molar-refractivity contribution in [2.24, 2.45) is 4.40 Å². The number of hydrogen-bond acceptors (Lipinski definition) is 2. The molecule has 0 fully saturated rings. The maximum absolute atomic E-state index is 11.0. The first-order chi connectivity index (χ1) is 3.98. The van der Waals surface area contributed by atoms with E-state index < -0.39 is 11.4 Å². The highest BCUT2D eigenvalue weighted by Crippen LogP contribution is 2.15. The maximum atomic E-state index is 11.0. The van der Waals surface area contributed by atoms with Gasteiger partial charge in [-0.15, -0.1) is 0 Å². The summed E-state index contributed by atoms with van der Waals surface area (Å²) < 4.78 is 14.5. The molecule has 0 aromatic rings. The van der Waals surface area contributed by atoms with Gasteiger partial charge in [0.1, 0.15) is 16.1 Å². The van der Waals surface area contributed by atoms with Gasteiger partial charge in [0.2, 0.25) is 0 Å². The van der Waals surface area contributed by atoms with Crippen LogP contribution in [-0.4, -0.2) is 15.5 Å². The van der Waals surface area contributed by atoms with E-state index in [0.29, 0.717) is 0 Å². The zero-order chi connectivity index (χ0) is 7.49. The highest BCUT2D eigenvalue weighted by Gasteiger charge is 2.25. The van der Waals surface area contributed by atoms with Crippen molar-refractivity contribution in [2.45, 2.75) is 32.4 Å². The molecular weight excluding hydrogens is 134 g/mol. The molecule has 0 N–H and O–H groups in total. The van der Waals surface area contributed by atoms with Crippen molar-refractivity contribution in [3.8, 4) is 0 Å². The molecule has 0 unspecified atom stereocenters. The van der Waals surface area contributed by atoms with Crippen molar-refractivity contribution in [3.05, 3.63) is 0 Å². The molecule has 0 aliphatic rings. The largest absolute Gasteiger partial charge is 0.591 e. The van der Waals surface area contributed by atoms with E-state index in [0.717, 1.165) is 0 Å². The molecule has 0 saturated heterocycles. The highest BCUT2D eigenvalue weighted by atomic mass is 32.2. The van der Waals surface area contributed by atoms with Crippen molar-refractivity contribution in [1.29, 1.82) is 0 Å². The van der Waals surface area contributed by atoms with Gasteiger partial charge in [-0.05, 0) is 27.7 Å². The molecule has 9 heavy (non-hydrogen) atoms. The molecule has 0 heterocycles. The van der Waals surface area contributed by atoms with Gasteiger partial charge in [0.15, 0.2) is 0 Å². The average molecular weight is 147 g/mol. The van der Waals surface area contributed by atoms with Gasteiger partial charge in [-0.3, -0.25) is 0 Å². The first-order valence-corrected chi connectivity index (χ1v) is 4.00. The molecule has 2 nitrogen and oxygen atoms in total. The van der Waals surface area contributed by atoms with Crippen molar-refractivity contribution in [3.63, 3.8) is 0 Å². The Balaban J connectivity index is 3.88. The maximum Gasteiger partial charge on any atom is 0.144 e. The molecule has 0 radical (unpaired) electrons. The molecule has 0 rings (SSSR count). The van der Waals surface area contributed by atoms with Crippen LogP contribution in [-0.2, 0) is 11.4 Å². The first-order valence-electron chi connectivity index (χ1n) is 2.89. The van der Waals surface area contributed by atoms with Crippen LogP contribution < -0.4 is 0 Å². The number of hydrogen-bond donors (Lipinski definition) is 0. The summed E-state index contributed by atoms with van der Waals surface area (Å²) in [6, 6.07) is 0. The van der Waals surface area contributed by atoms with E-state index in [2.05, 4.69) is 4.40 Å². The lowest BCUT2D eigenvalue weighted by Crippen LogP contribution is -2.25. The molecule has 0 saturated carbocycles. The second-order valence-corrected chi connectivity index (χ2v) is 4.66. The van der Waals surface area contributed by atoms with Crippen molar-refractivity contribution >= 4 is 17.6 Å². The van der Waals surface area contributed by atoms with Crippen LogP contribution in [0.4, 0.5) is 0 Å². The van der Waals surface area contributed by atoms with Gasteiger partial charge in [-0.2, -0.15) is 0 Å². The fourth-order valence-electron chi connectivity index (χ4n) is 0.254. The standard InChI is InChI=1S/C6H13NOS/c1-5-7-9(8)6(2,3)4/h5H,1-4H3/t9-/m1/s1. The summed E-state index contributed by atoms with van der Waals surface area (Å²) in [5.41, 5.74) is 0. The molecule has 0 spiro atoms. The highest BCUT2D eigenvalue weighted by molar-refractivity contribution is 7.91. The lowest BCUT2D eigenvalue weighted by Gasteiger charge is -2.17. The minimum absolute atomic E-state index is 0.216. The van der Waals surface area contributed by atoms with Crippen LogP contribution in [0.2, 0.25) is 0 Å². The second-order valence-electron chi connectivity index (χ2n) is 2.73. The van der Waals surface area contributed by atoms with E-state index in [1.54, 1.807) is 13.1 Å². The Bertz CT molecular complexity index is 106. The van der Waals surface area contributed by atoms with E-state index in [9.17, 15) is 4.55 Å². The third-order valence-electron chi connectivity index (χ3n) is 0.725. The monoisotopic (exact) mass is 147 g/mol. The van der Waals surface area contributed by atoms with E-state index in [1.807, 2.05) is 20.8 Å². The summed E-state index contributed by atoms with van der Waals surface area (Å²) in [4.78, 5) is 0. The van der Waals surface area contributed by atoms with Gasteiger partial charge in [-0.25, -0.2) is 0 Å². The number of nitrogens with zero attached hydrogens (tertiary/aromatic N) is 1. The van der Waals surface area contributed by atoms with Gasteiger partial charge >= 0.3 is 0 Å². The third kappa shape index (κ3) is 3.54. The van der Waals surface area contributed by atoms with E-state index in [-0.39, 0.29) is 4.75 Å². The Morgan fingerprint density at radius 2 is 1.89 bits per heavy atom. The SMILES string of the molecule is CC=N[S@+]([O-])C(C)(C)C. The number of rotatable bonds is 1. The summed E-state index contributed by atoms with van der Waals surface area (Å²) in [5, 5.41) is 0. The van der Waals surface area contributed by atoms with E-state index in [1.165, 1.54) is 0 Å². The Morgan fingerprint density at radius 3 is 2.00 bits per heavy atom. The zero-order valence-corrected chi connectivity index (χ0v) is 7.16. The average Bonchev–Trinajstić information content (AvgIpc) is 1.64. The normalized spacial score (nSPS) is 16.6. The molecule has 3 heteroatoms. The van der Waals surface area contributed by atoms with Crippen LogP contribution in [0, 0.1) is 0 Å². The van der Waals surface area contributed by atoms with E-state index in [4.69, 9.17) is 0 Å². The van der Waals surface area contributed by atoms with Crippen molar-refractivity contribution < 1.29 is 4.55 Å². The Hall–Kier alpha value is -0.0200. The summed E-state index contributed by atoms with van der Waals surface area (Å²) >= 11 is -1.07. The molecule has 0 aromatic carbocycles. The predicted molar refractivity (Wildman–Crippen MR) is 42.1 cm³/mol. The molecule has 0 bridgehead atoms. The second kappa shape index (κ2) is 3.22. The molecular formula is C6H13NOS. The minimum atomic E-state index is -1.07. The third-order valence-corrected chi connectivity index (χ3v) is 2.18. The van der Waals surface area contributed by atoms with E-state index >= 15 is 0 Å². The zero-order valence-electron chi connectivity index (χ0n) is 6.34. The fourth-order valence-corrected chi connectivity index (χ4v) is 0.762. The van der Waals surface area contributed by atoms with Crippen LogP contribution in [0.15, 0.2) is 4.40 Å². The Labute approximate surface area is 59.7 Å². The topological polar surface area (TPSA) is 35.4 Å². The Kier molecular flexibility index (Phi) is 3.22. The molecule has 0 aliphatic heterocycles. The fraction of sp³-hybridized carbons (Fsp3) is 0.833. The summed E-state index contributed by atoms with van der Waals surface area (Å²) in [6.45, 7) is 7.46. The van der Waals surface area contributed by atoms with Crippen LogP contribution in [0.3, 0.4) is 0 Å². The van der Waals surface area contributed by atoms with Crippen LogP contribution >= 0.6 is 0 Å². The van der Waals surface area contributed by atoms with Gasteiger partial charge in [-0.1, -0.05) is 4.40 Å². The molecule has 0 aromatic heterocycles. The van der Waals surface area contributed by atoms with Gasteiger partial charge in [0, 0.05) is 0 Å². The molecule has 1 atom stereocenters. The summed E-state index contributed by atoms with van der Waals surface area (Å²) in [5.74, 6) is 0. The molecule has 0 amide bonds. The lowest BCUT2D eigenvalue weighted by molar-refractivity contribution is 0.562. The van der Waals surface area contributed by atoms with Gasteiger partial charge in [0.05, 0.1) is 6.21 Å². The van der Waals surface area contributed by atoms with Crippen LogP contribution in [0.5, 0.6) is 0 Å². The first kappa shape index (κ1) is 8.98. The van der Waals surface area contributed by atoms with Crippen molar-refractivity contribution in [1.82, 2.24) is 0 Å². The van der Waals surface area contributed by atoms with Gasteiger partial charge in [0.25, 0.3) is 0 Å². The molecule has 54 valence electrons. The predicted octanol–water partition coefficient (Wildman–Crippen LogP) is 1.54. The Morgan fingerprint density at radius 1 is 1.44 bits per heavy atom. The molecule has 0 aliphatic carbocycles. The quantitative estimate of drug-likeness (QED) is 0.409. The lowest BCUT2D eigenvalue weighted by atomic mass is 10.3. The smallest absolute Gasteiger partial charge is 0.144 e. The van der Waals surface area contributed by atoms with Crippen LogP contribution in [0.1, 0.15) is 27.7 Å². The van der Waals surface area contributed by atoms with Crippen molar-refractivity contribution in [2.75, 3.05) is 0 Å². The minimum Gasteiger partial charge on any atom is -0.591 e. The van der Waals surface area contributed by atoms with Crippen LogP contribution in [0.25, 0.3) is 0 Å². The van der Waals surface area contributed by atoms with Gasteiger partial charge < -0.3 is 4.55 Å². The summed E-state index contributed by atoms with van der Waals surface area (Å²) in [7, 11) is 0. The summed E-state index contributed by atoms with van der Waals surface area (Å²) in [6.07, 6.45) is 1.57.